The van der Waals surface area contributed by atoms with Crippen molar-refractivity contribution in [3.8, 4) is 0 Å². The van der Waals surface area contributed by atoms with Gasteiger partial charge in [0.1, 0.15) is 5.78 Å². The van der Waals surface area contributed by atoms with E-state index in [2.05, 4.69) is 6.92 Å². The molecule has 0 aliphatic rings. The quantitative estimate of drug-likeness (QED) is 0.532. The zero-order chi connectivity index (χ0) is 11.6. The number of unbranched alkanes of at least 4 members (excludes halogenated alkanes) is 2. The number of carboxylic acid groups (broad SMARTS) is 2. The number of hydrogen-bond acceptors (Lipinski definition) is 3. The van der Waals surface area contributed by atoms with Gasteiger partial charge in [0.15, 0.2) is 0 Å². The van der Waals surface area contributed by atoms with Gasteiger partial charge in [0, 0.05) is 6.42 Å². The van der Waals surface area contributed by atoms with Gasteiger partial charge in [-0.05, 0) is 13.3 Å². The molecule has 0 fully saturated rings. The fourth-order valence-electron chi connectivity index (χ4n) is 0.624. The molecule has 0 saturated carbocycles. The smallest absolute Gasteiger partial charge is 0.414 e. The first kappa shape index (κ1) is 15.1. The molecule has 0 radical (unpaired) electrons. The molecule has 82 valence electrons. The summed E-state index contributed by atoms with van der Waals surface area (Å²) in [5, 5.41) is 14.8. The Morgan fingerprint density at radius 2 is 1.43 bits per heavy atom. The van der Waals surface area contributed by atoms with E-state index in [0.717, 1.165) is 12.8 Å². The molecule has 5 nitrogen and oxygen atoms in total. The molecule has 5 heteroatoms. The molecule has 0 unspecified atom stereocenters. The number of hydrogen-bond donors (Lipinski definition) is 2. The van der Waals surface area contributed by atoms with Crippen molar-refractivity contribution >= 4 is 17.7 Å². The van der Waals surface area contributed by atoms with Crippen molar-refractivity contribution in [1.82, 2.24) is 0 Å². The van der Waals surface area contributed by atoms with Gasteiger partial charge in [0.2, 0.25) is 0 Å². The zero-order valence-corrected chi connectivity index (χ0v) is 8.45. The van der Waals surface area contributed by atoms with Gasteiger partial charge in [-0.2, -0.15) is 0 Å². The van der Waals surface area contributed by atoms with Crippen LogP contribution in [-0.2, 0) is 14.4 Å². The lowest BCUT2D eigenvalue weighted by Crippen LogP contribution is -2.09. The SMILES string of the molecule is CCCCCC(C)=O.O=C(O)C(=O)O. The predicted molar refractivity (Wildman–Crippen MR) is 50.1 cm³/mol. The summed E-state index contributed by atoms with van der Waals surface area (Å²) in [5.74, 6) is -3.33. The van der Waals surface area contributed by atoms with E-state index in [1.807, 2.05) is 0 Å². The molecule has 0 bridgehead atoms. The second-order valence-electron chi connectivity index (χ2n) is 2.77. The van der Waals surface area contributed by atoms with Gasteiger partial charge in [-0.3, -0.25) is 0 Å². The standard InChI is InChI=1S/C7H14O.C2H2O4/c1-3-4-5-6-7(2)8;3-1(4)2(5)6/h3-6H2,1-2H3;(H,3,4)(H,5,6). The Hall–Kier alpha value is -1.39. The monoisotopic (exact) mass is 204 g/mol. The lowest BCUT2D eigenvalue weighted by Gasteiger charge is -1.90. The van der Waals surface area contributed by atoms with Gasteiger partial charge < -0.3 is 15.0 Å². The van der Waals surface area contributed by atoms with Gasteiger partial charge >= 0.3 is 11.9 Å². The molecule has 0 aromatic carbocycles. The molecule has 0 amide bonds. The Morgan fingerprint density at radius 1 is 1.00 bits per heavy atom. The highest BCUT2D eigenvalue weighted by atomic mass is 16.4. The van der Waals surface area contributed by atoms with Crippen molar-refractivity contribution < 1.29 is 24.6 Å². The number of Topliss-reactive ketones (excluding diaryl/α,β-unsaturated/α-hetero) is 1. The summed E-state index contributed by atoms with van der Waals surface area (Å²) in [5.41, 5.74) is 0. The van der Waals surface area contributed by atoms with Crippen molar-refractivity contribution in [2.45, 2.75) is 39.5 Å². The molecular weight excluding hydrogens is 188 g/mol. The van der Waals surface area contributed by atoms with Crippen LogP contribution in [0.1, 0.15) is 39.5 Å². The Bertz CT molecular complexity index is 185. The van der Waals surface area contributed by atoms with Crippen molar-refractivity contribution in [2.75, 3.05) is 0 Å². The van der Waals surface area contributed by atoms with Crippen LogP contribution in [0, 0.1) is 0 Å². The van der Waals surface area contributed by atoms with E-state index in [9.17, 15) is 4.79 Å². The summed E-state index contributed by atoms with van der Waals surface area (Å²) in [4.78, 5) is 28.5. The van der Waals surface area contributed by atoms with Gasteiger partial charge in [-0.1, -0.05) is 19.8 Å². The minimum Gasteiger partial charge on any atom is -0.473 e. The average Bonchev–Trinajstić information content (AvgIpc) is 2.05. The van der Waals surface area contributed by atoms with Gasteiger partial charge in [-0.25, -0.2) is 9.59 Å². The molecule has 0 heterocycles. The van der Waals surface area contributed by atoms with E-state index >= 15 is 0 Å². The first-order valence-corrected chi connectivity index (χ1v) is 4.37. The van der Waals surface area contributed by atoms with Crippen molar-refractivity contribution in [1.29, 1.82) is 0 Å². The van der Waals surface area contributed by atoms with Crippen LogP contribution in [0.3, 0.4) is 0 Å². The summed E-state index contributed by atoms with van der Waals surface area (Å²) in [6.07, 6.45) is 4.24. The van der Waals surface area contributed by atoms with E-state index in [-0.39, 0.29) is 0 Å². The highest BCUT2D eigenvalue weighted by Crippen LogP contribution is 1.98. The van der Waals surface area contributed by atoms with Crippen LogP contribution in [-0.4, -0.2) is 27.9 Å². The highest BCUT2D eigenvalue weighted by Gasteiger charge is 2.04. The van der Waals surface area contributed by atoms with E-state index < -0.39 is 11.9 Å². The number of aliphatic carboxylic acids is 2. The summed E-state index contributed by atoms with van der Waals surface area (Å²) >= 11 is 0. The fraction of sp³-hybridized carbons (Fsp3) is 0.667. The maximum atomic E-state index is 10.3. The Kier molecular flexibility index (Phi) is 10.5. The number of ketones is 1. The minimum absolute atomic E-state index is 0.318. The van der Waals surface area contributed by atoms with Crippen LogP contribution < -0.4 is 0 Å². The molecule has 0 rings (SSSR count). The topological polar surface area (TPSA) is 91.7 Å². The minimum atomic E-state index is -1.82. The first-order valence-electron chi connectivity index (χ1n) is 4.37. The number of carbonyl (C=O) groups is 3. The Morgan fingerprint density at radius 3 is 1.64 bits per heavy atom. The fourth-order valence-corrected chi connectivity index (χ4v) is 0.624. The zero-order valence-electron chi connectivity index (χ0n) is 8.45. The third kappa shape index (κ3) is 16.9. The molecule has 0 saturated heterocycles. The number of carbonyl (C=O) groups excluding carboxylic acids is 1. The van der Waals surface area contributed by atoms with Gasteiger partial charge in [-0.15, -0.1) is 0 Å². The van der Waals surface area contributed by atoms with Crippen LogP contribution in [0.25, 0.3) is 0 Å². The van der Waals surface area contributed by atoms with E-state index in [1.165, 1.54) is 12.8 Å². The Labute approximate surface area is 82.7 Å². The summed E-state index contributed by atoms with van der Waals surface area (Å²) in [6.45, 7) is 3.79. The average molecular weight is 204 g/mol. The molecule has 0 aromatic rings. The molecule has 14 heavy (non-hydrogen) atoms. The van der Waals surface area contributed by atoms with Crippen molar-refractivity contribution in [3.63, 3.8) is 0 Å². The number of carboxylic acids is 2. The second-order valence-corrected chi connectivity index (χ2v) is 2.77. The lowest BCUT2D eigenvalue weighted by atomic mass is 10.2. The molecular formula is C9H16O5. The van der Waals surface area contributed by atoms with Gasteiger partial charge in [0.05, 0.1) is 0 Å². The lowest BCUT2D eigenvalue weighted by molar-refractivity contribution is -0.159. The van der Waals surface area contributed by atoms with Crippen LogP contribution in [0.2, 0.25) is 0 Å². The highest BCUT2D eigenvalue weighted by molar-refractivity contribution is 6.27. The van der Waals surface area contributed by atoms with Crippen molar-refractivity contribution in [2.24, 2.45) is 0 Å². The molecule has 0 aromatic heterocycles. The van der Waals surface area contributed by atoms with E-state index in [4.69, 9.17) is 19.8 Å². The maximum Gasteiger partial charge on any atom is 0.414 e. The van der Waals surface area contributed by atoms with Gasteiger partial charge in [0.25, 0.3) is 0 Å². The molecule has 0 spiro atoms. The largest absolute Gasteiger partial charge is 0.473 e. The summed E-state index contributed by atoms with van der Waals surface area (Å²) in [6, 6.07) is 0. The van der Waals surface area contributed by atoms with E-state index in [0.29, 0.717) is 5.78 Å². The maximum absolute atomic E-state index is 10.3. The summed E-state index contributed by atoms with van der Waals surface area (Å²) < 4.78 is 0. The first-order chi connectivity index (χ1) is 6.41. The normalized spacial score (nSPS) is 8.43. The number of rotatable bonds is 4. The summed E-state index contributed by atoms with van der Waals surface area (Å²) in [7, 11) is 0. The van der Waals surface area contributed by atoms with Crippen LogP contribution in [0.5, 0.6) is 0 Å². The van der Waals surface area contributed by atoms with Crippen LogP contribution >= 0.6 is 0 Å². The third-order valence-corrected chi connectivity index (χ3v) is 1.32. The van der Waals surface area contributed by atoms with Crippen LogP contribution in [0.15, 0.2) is 0 Å². The second kappa shape index (κ2) is 9.70. The third-order valence-electron chi connectivity index (χ3n) is 1.32. The molecule has 2 N–H and O–H groups in total. The molecule has 0 atom stereocenters. The predicted octanol–water partition coefficient (Wildman–Crippen LogP) is 1.31. The molecule has 0 aliphatic heterocycles. The Balaban J connectivity index is 0. The van der Waals surface area contributed by atoms with Crippen LogP contribution in [0.4, 0.5) is 0 Å². The molecule has 0 aliphatic carbocycles. The van der Waals surface area contributed by atoms with E-state index in [1.54, 1.807) is 6.92 Å². The van der Waals surface area contributed by atoms with Crippen molar-refractivity contribution in [3.05, 3.63) is 0 Å².